The number of hydrogen-bond donors (Lipinski definition) is 2. The van der Waals surface area contributed by atoms with Gasteiger partial charge in [-0.1, -0.05) is 37.1 Å². The fraction of sp³-hybridized carbons (Fsp3) is 0.320. The molecule has 0 radical (unpaired) electrons. The Balaban J connectivity index is 1.76. The van der Waals surface area contributed by atoms with Gasteiger partial charge >= 0.3 is 5.97 Å². The third-order valence-electron chi connectivity index (χ3n) is 5.41. The fourth-order valence-corrected chi connectivity index (χ4v) is 4.96. The van der Waals surface area contributed by atoms with E-state index in [4.69, 9.17) is 21.1 Å². The second kappa shape index (κ2) is 13.2. The van der Waals surface area contributed by atoms with E-state index in [1.807, 2.05) is 6.92 Å². The number of carbonyl (C=O) groups is 2. The lowest BCUT2D eigenvalue weighted by Crippen LogP contribution is -2.40. The second-order valence-corrected chi connectivity index (χ2v) is 10.3. The minimum atomic E-state index is -3.78. The number of unbranched alkanes of at least 4 members (excludes halogenated alkanes) is 1. The van der Waals surface area contributed by atoms with Crippen LogP contribution in [0.25, 0.3) is 0 Å². The summed E-state index contributed by atoms with van der Waals surface area (Å²) in [6.07, 6.45) is 2.69. The van der Waals surface area contributed by atoms with Crippen LogP contribution in [-0.4, -0.2) is 57.5 Å². The molecule has 2 aromatic carbocycles. The van der Waals surface area contributed by atoms with E-state index in [0.29, 0.717) is 19.6 Å². The summed E-state index contributed by atoms with van der Waals surface area (Å²) in [6, 6.07) is 12.2. The molecule has 0 unspecified atom stereocenters. The zero-order valence-electron chi connectivity index (χ0n) is 20.2. The number of anilines is 2. The van der Waals surface area contributed by atoms with Gasteiger partial charge in [-0.2, -0.15) is 9.57 Å². The zero-order valence-corrected chi connectivity index (χ0v) is 21.8. The molecule has 3 rings (SSSR count). The number of nitriles is 1. The van der Waals surface area contributed by atoms with Crippen molar-refractivity contribution in [3.8, 4) is 6.07 Å². The van der Waals surface area contributed by atoms with Crippen molar-refractivity contribution < 1.29 is 27.5 Å². The van der Waals surface area contributed by atoms with Gasteiger partial charge in [0.2, 0.25) is 10.0 Å². The van der Waals surface area contributed by atoms with Crippen LogP contribution in [0.3, 0.4) is 0 Å². The van der Waals surface area contributed by atoms with Gasteiger partial charge < -0.3 is 20.1 Å². The number of sulfonamides is 1. The summed E-state index contributed by atoms with van der Waals surface area (Å²) >= 11 is 6.22. The molecule has 2 N–H and O–H groups in total. The number of amides is 1. The number of hydrogen-bond acceptors (Lipinski definition) is 8. The van der Waals surface area contributed by atoms with Crippen molar-refractivity contribution >= 4 is 44.9 Å². The van der Waals surface area contributed by atoms with Gasteiger partial charge in [-0.15, -0.1) is 0 Å². The van der Waals surface area contributed by atoms with E-state index in [2.05, 4.69) is 10.6 Å². The molecular weight excluding hydrogens is 520 g/mol. The van der Waals surface area contributed by atoms with E-state index in [-0.39, 0.29) is 52.1 Å². The van der Waals surface area contributed by atoms with E-state index in [9.17, 15) is 23.3 Å². The number of nitrogens with one attached hydrogen (secondary N) is 2. The summed E-state index contributed by atoms with van der Waals surface area (Å²) in [5.41, 5.74) is 0.205. The smallest absolute Gasteiger partial charge is 0.340 e. The molecule has 1 fully saturated rings. The summed E-state index contributed by atoms with van der Waals surface area (Å²) < 4.78 is 37.7. The Bertz CT molecular complexity index is 1320. The molecule has 0 spiro atoms. The molecule has 0 atom stereocenters. The highest BCUT2D eigenvalue weighted by Crippen LogP contribution is 2.28. The molecule has 0 bridgehead atoms. The highest BCUT2D eigenvalue weighted by atomic mass is 35.5. The topological polar surface area (TPSA) is 138 Å². The van der Waals surface area contributed by atoms with E-state index >= 15 is 0 Å². The van der Waals surface area contributed by atoms with Gasteiger partial charge in [0.05, 0.1) is 46.7 Å². The molecule has 196 valence electrons. The standard InChI is InChI=1S/C25H27ClN4O6S/c1-2-3-12-36-25(32)20-6-4-5-7-22(20)29-24(31)18(16-27)17-28-23-15-19(8-9-21(23)26)37(33,34)30-10-13-35-14-11-30/h4-9,15,17,28H,2-3,10-14H2,1H3,(H,29,31)/b18-17-. The summed E-state index contributed by atoms with van der Waals surface area (Å²) in [5, 5.41) is 15.0. The van der Waals surface area contributed by atoms with Crippen LogP contribution < -0.4 is 10.6 Å². The van der Waals surface area contributed by atoms with E-state index in [0.717, 1.165) is 12.6 Å². The highest BCUT2D eigenvalue weighted by molar-refractivity contribution is 7.89. The monoisotopic (exact) mass is 546 g/mol. The SMILES string of the molecule is CCCCOC(=O)c1ccccc1NC(=O)/C(C#N)=C\Nc1cc(S(=O)(=O)N2CCOCC2)ccc1Cl. The van der Waals surface area contributed by atoms with Crippen molar-refractivity contribution in [2.45, 2.75) is 24.7 Å². The lowest BCUT2D eigenvalue weighted by Gasteiger charge is -2.26. The van der Waals surface area contributed by atoms with Crippen molar-refractivity contribution in [2.24, 2.45) is 0 Å². The van der Waals surface area contributed by atoms with Crippen LogP contribution in [0, 0.1) is 11.3 Å². The van der Waals surface area contributed by atoms with Crippen LogP contribution in [0.1, 0.15) is 30.1 Å². The maximum atomic E-state index is 13.0. The van der Waals surface area contributed by atoms with Crippen molar-refractivity contribution in [3.63, 3.8) is 0 Å². The summed E-state index contributed by atoms with van der Waals surface area (Å²) in [6.45, 7) is 3.31. The number of morpholine rings is 1. The Labute approximate surface area is 220 Å². The Morgan fingerprint density at radius 1 is 1.19 bits per heavy atom. The molecule has 12 heteroatoms. The molecule has 0 aromatic heterocycles. The van der Waals surface area contributed by atoms with Crippen LogP contribution in [0.5, 0.6) is 0 Å². The minimum absolute atomic E-state index is 0.00757. The van der Waals surface area contributed by atoms with Crippen LogP contribution in [-0.2, 0) is 24.3 Å². The Hall–Kier alpha value is -3.43. The number of esters is 1. The average molecular weight is 547 g/mol. The number of carbonyl (C=O) groups excluding carboxylic acids is 2. The number of para-hydroxylation sites is 1. The Kier molecular flexibility index (Phi) is 10.0. The van der Waals surface area contributed by atoms with Crippen molar-refractivity contribution in [1.82, 2.24) is 4.31 Å². The Morgan fingerprint density at radius 2 is 1.92 bits per heavy atom. The van der Waals surface area contributed by atoms with E-state index in [1.165, 1.54) is 34.6 Å². The van der Waals surface area contributed by atoms with Crippen molar-refractivity contribution in [1.29, 1.82) is 5.26 Å². The normalized spacial score (nSPS) is 14.5. The van der Waals surface area contributed by atoms with Gasteiger partial charge in [0, 0.05) is 19.3 Å². The molecular formula is C25H27ClN4O6S. The Morgan fingerprint density at radius 3 is 2.62 bits per heavy atom. The molecule has 1 heterocycles. The van der Waals surface area contributed by atoms with E-state index < -0.39 is 21.9 Å². The molecule has 10 nitrogen and oxygen atoms in total. The second-order valence-electron chi connectivity index (χ2n) is 7.96. The van der Waals surface area contributed by atoms with Crippen LogP contribution >= 0.6 is 11.6 Å². The molecule has 0 aliphatic carbocycles. The number of nitrogens with zero attached hydrogens (tertiary/aromatic N) is 2. The summed E-state index contributed by atoms with van der Waals surface area (Å²) in [4.78, 5) is 25.2. The number of ether oxygens (including phenoxy) is 2. The molecule has 2 aromatic rings. The third-order valence-corrected chi connectivity index (χ3v) is 7.63. The van der Waals surface area contributed by atoms with Gasteiger partial charge in [0.25, 0.3) is 5.91 Å². The number of rotatable bonds is 10. The first kappa shape index (κ1) is 28.1. The maximum absolute atomic E-state index is 13.0. The first-order valence-corrected chi connectivity index (χ1v) is 13.4. The molecule has 1 saturated heterocycles. The van der Waals surface area contributed by atoms with Crippen LogP contribution in [0.15, 0.2) is 59.1 Å². The molecule has 1 aliphatic heterocycles. The van der Waals surface area contributed by atoms with Gasteiger partial charge in [-0.25, -0.2) is 13.2 Å². The lowest BCUT2D eigenvalue weighted by atomic mass is 10.1. The molecule has 0 saturated carbocycles. The highest BCUT2D eigenvalue weighted by Gasteiger charge is 2.27. The van der Waals surface area contributed by atoms with Crippen molar-refractivity contribution in [2.75, 3.05) is 43.5 Å². The molecule has 37 heavy (non-hydrogen) atoms. The predicted molar refractivity (Wildman–Crippen MR) is 139 cm³/mol. The minimum Gasteiger partial charge on any atom is -0.462 e. The molecule has 1 amide bonds. The predicted octanol–water partition coefficient (Wildman–Crippen LogP) is 3.78. The van der Waals surface area contributed by atoms with Crippen LogP contribution in [0.4, 0.5) is 11.4 Å². The van der Waals surface area contributed by atoms with Gasteiger partial charge in [0.15, 0.2) is 0 Å². The lowest BCUT2D eigenvalue weighted by molar-refractivity contribution is -0.112. The quantitative estimate of drug-likeness (QED) is 0.199. The summed E-state index contributed by atoms with van der Waals surface area (Å²) in [7, 11) is -3.78. The zero-order chi connectivity index (χ0) is 26.8. The van der Waals surface area contributed by atoms with Crippen molar-refractivity contribution in [3.05, 3.63) is 64.8 Å². The fourth-order valence-electron chi connectivity index (χ4n) is 3.36. The van der Waals surface area contributed by atoms with Gasteiger partial charge in [-0.3, -0.25) is 4.79 Å². The van der Waals surface area contributed by atoms with Crippen LogP contribution in [0.2, 0.25) is 5.02 Å². The maximum Gasteiger partial charge on any atom is 0.340 e. The largest absolute Gasteiger partial charge is 0.462 e. The number of benzene rings is 2. The number of halogens is 1. The summed E-state index contributed by atoms with van der Waals surface area (Å²) in [5.74, 6) is -1.37. The average Bonchev–Trinajstić information content (AvgIpc) is 2.90. The van der Waals surface area contributed by atoms with Gasteiger partial charge in [0.1, 0.15) is 11.6 Å². The first-order valence-electron chi connectivity index (χ1n) is 11.6. The first-order chi connectivity index (χ1) is 17.8. The van der Waals surface area contributed by atoms with Gasteiger partial charge in [-0.05, 0) is 36.8 Å². The third kappa shape index (κ3) is 7.30. The van der Waals surface area contributed by atoms with E-state index in [1.54, 1.807) is 18.2 Å². The molecule has 1 aliphatic rings.